The van der Waals surface area contributed by atoms with Gasteiger partial charge in [0.1, 0.15) is 5.70 Å². The summed E-state index contributed by atoms with van der Waals surface area (Å²) in [7, 11) is 0. The summed E-state index contributed by atoms with van der Waals surface area (Å²) < 4.78 is 8.20. The molecule has 2 aromatic heterocycles. The third kappa shape index (κ3) is 2.00. The van der Waals surface area contributed by atoms with Crippen LogP contribution in [-0.4, -0.2) is 32.7 Å². The van der Waals surface area contributed by atoms with Crippen LogP contribution in [0.1, 0.15) is 62.1 Å². The van der Waals surface area contributed by atoms with E-state index < -0.39 is 0 Å². The van der Waals surface area contributed by atoms with Crippen molar-refractivity contribution in [1.82, 2.24) is 19.6 Å². The van der Waals surface area contributed by atoms with Crippen molar-refractivity contribution in [2.75, 3.05) is 13.1 Å². The molecule has 0 saturated carbocycles. The van der Waals surface area contributed by atoms with Gasteiger partial charge in [-0.25, -0.2) is 0 Å². The lowest BCUT2D eigenvalue weighted by molar-refractivity contribution is 0.0269. The average molecular weight is 374 g/mol. The van der Waals surface area contributed by atoms with Gasteiger partial charge in [-0.1, -0.05) is 37.2 Å². The van der Waals surface area contributed by atoms with Gasteiger partial charge >= 0.3 is 0 Å². The zero-order valence-electron chi connectivity index (χ0n) is 16.6. The molecule has 144 valence electrons. The van der Waals surface area contributed by atoms with Gasteiger partial charge in [-0.15, -0.1) is 0 Å². The van der Waals surface area contributed by atoms with E-state index in [4.69, 9.17) is 9.51 Å². The van der Waals surface area contributed by atoms with Gasteiger partial charge in [0, 0.05) is 29.5 Å². The van der Waals surface area contributed by atoms with Crippen LogP contribution in [-0.2, 0) is 12.8 Å². The number of piperidine rings is 1. The van der Waals surface area contributed by atoms with Crippen LogP contribution in [0.5, 0.6) is 0 Å². The maximum Gasteiger partial charge on any atom is 0.274 e. The molecule has 28 heavy (non-hydrogen) atoms. The Balaban J connectivity index is 1.70. The standard InChI is InChI=1S/C23H26N4O/c1-3-19-24-22(28-25-19)18-14-23(4-2)11-7-12-26-13-10-16-15-8-5-6-9-17(15)27(18)20(16)21(23)26/h5-6,8-9,14,21H,3-4,7,10-13H2,1-2H3/t21-,23+/m1/s1. The van der Waals surface area contributed by atoms with E-state index in [1.54, 1.807) is 0 Å². The van der Waals surface area contributed by atoms with E-state index in [2.05, 4.69) is 58.8 Å². The van der Waals surface area contributed by atoms with E-state index in [-0.39, 0.29) is 5.41 Å². The lowest BCUT2D eigenvalue weighted by atomic mass is 9.66. The number of hydrogen-bond acceptors (Lipinski definition) is 4. The molecular formula is C23H26N4O. The highest BCUT2D eigenvalue weighted by Crippen LogP contribution is 2.57. The molecule has 0 bridgehead atoms. The zero-order valence-corrected chi connectivity index (χ0v) is 16.6. The van der Waals surface area contributed by atoms with Crippen LogP contribution in [0.3, 0.4) is 0 Å². The minimum absolute atomic E-state index is 0.147. The van der Waals surface area contributed by atoms with Gasteiger partial charge in [0.25, 0.3) is 5.89 Å². The molecule has 6 rings (SSSR count). The monoisotopic (exact) mass is 374 g/mol. The van der Waals surface area contributed by atoms with Crippen molar-refractivity contribution in [3.8, 4) is 0 Å². The van der Waals surface area contributed by atoms with Gasteiger partial charge in [-0.2, -0.15) is 4.98 Å². The van der Waals surface area contributed by atoms with E-state index in [1.165, 1.54) is 41.5 Å². The van der Waals surface area contributed by atoms with Crippen molar-refractivity contribution in [2.45, 2.75) is 52.0 Å². The summed E-state index contributed by atoms with van der Waals surface area (Å²) in [6.45, 7) is 6.78. The molecule has 1 saturated heterocycles. The normalized spacial score (nSPS) is 26.4. The molecule has 5 heterocycles. The Kier molecular flexibility index (Phi) is 3.43. The minimum atomic E-state index is 0.147. The van der Waals surface area contributed by atoms with Crippen LogP contribution in [0.25, 0.3) is 16.6 Å². The Hall–Kier alpha value is -2.40. The number of aryl methyl sites for hydroxylation is 1. The summed E-state index contributed by atoms with van der Waals surface area (Å²) in [5, 5.41) is 5.59. The van der Waals surface area contributed by atoms with E-state index in [0.29, 0.717) is 11.9 Å². The number of benzene rings is 1. The summed E-state index contributed by atoms with van der Waals surface area (Å²) in [6.07, 6.45) is 8.00. The number of aromatic nitrogens is 3. The highest BCUT2D eigenvalue weighted by Gasteiger charge is 2.50. The van der Waals surface area contributed by atoms with Crippen LogP contribution in [0.15, 0.2) is 34.9 Å². The molecular weight excluding hydrogens is 348 g/mol. The molecule has 1 fully saturated rings. The number of fused-ring (bicyclic) bond motifs is 3. The molecule has 0 N–H and O–H groups in total. The molecule has 1 aromatic carbocycles. The lowest BCUT2D eigenvalue weighted by Crippen LogP contribution is -2.50. The molecule has 0 radical (unpaired) electrons. The van der Waals surface area contributed by atoms with Crippen LogP contribution in [0, 0.1) is 5.41 Å². The number of rotatable bonds is 3. The van der Waals surface area contributed by atoms with Crippen molar-refractivity contribution < 1.29 is 4.52 Å². The summed E-state index contributed by atoms with van der Waals surface area (Å²) in [4.78, 5) is 7.45. The van der Waals surface area contributed by atoms with Gasteiger partial charge in [-0.05, 0) is 49.9 Å². The van der Waals surface area contributed by atoms with Crippen molar-refractivity contribution in [1.29, 1.82) is 0 Å². The molecule has 5 nitrogen and oxygen atoms in total. The Bertz CT molecular complexity index is 1110. The molecule has 5 heteroatoms. The van der Waals surface area contributed by atoms with Gasteiger partial charge < -0.3 is 9.09 Å². The minimum Gasteiger partial charge on any atom is -0.332 e. The van der Waals surface area contributed by atoms with E-state index in [0.717, 1.165) is 37.3 Å². The molecule has 3 aliphatic heterocycles. The molecule has 0 amide bonds. The van der Waals surface area contributed by atoms with E-state index in [9.17, 15) is 0 Å². The highest BCUT2D eigenvalue weighted by molar-refractivity contribution is 5.91. The zero-order chi connectivity index (χ0) is 18.9. The Labute approximate surface area is 165 Å². The Morgan fingerprint density at radius 1 is 1.21 bits per heavy atom. The molecule has 0 spiro atoms. The van der Waals surface area contributed by atoms with Gasteiger partial charge in [0.15, 0.2) is 5.82 Å². The molecule has 3 aliphatic rings. The fourth-order valence-corrected chi connectivity index (χ4v) is 5.94. The van der Waals surface area contributed by atoms with Crippen LogP contribution in [0.2, 0.25) is 0 Å². The summed E-state index contributed by atoms with van der Waals surface area (Å²) in [6, 6.07) is 9.28. The second-order valence-electron chi connectivity index (χ2n) is 8.49. The molecule has 0 aliphatic carbocycles. The highest BCUT2D eigenvalue weighted by atomic mass is 16.5. The second-order valence-corrected chi connectivity index (χ2v) is 8.49. The summed E-state index contributed by atoms with van der Waals surface area (Å²) >= 11 is 0. The fourth-order valence-electron chi connectivity index (χ4n) is 5.94. The Morgan fingerprint density at radius 2 is 2.11 bits per heavy atom. The van der Waals surface area contributed by atoms with Crippen molar-refractivity contribution in [3.63, 3.8) is 0 Å². The summed E-state index contributed by atoms with van der Waals surface area (Å²) in [5.74, 6) is 1.44. The first kappa shape index (κ1) is 16.5. The first-order chi connectivity index (χ1) is 13.8. The molecule has 0 unspecified atom stereocenters. The van der Waals surface area contributed by atoms with E-state index >= 15 is 0 Å². The predicted molar refractivity (Wildman–Crippen MR) is 109 cm³/mol. The summed E-state index contributed by atoms with van der Waals surface area (Å²) in [5.41, 5.74) is 5.51. The Morgan fingerprint density at radius 3 is 2.93 bits per heavy atom. The topological polar surface area (TPSA) is 47.1 Å². The molecule has 2 atom stereocenters. The predicted octanol–water partition coefficient (Wildman–Crippen LogP) is 4.58. The lowest BCUT2D eigenvalue weighted by Gasteiger charge is -2.53. The van der Waals surface area contributed by atoms with Crippen molar-refractivity contribution in [2.24, 2.45) is 5.41 Å². The smallest absolute Gasteiger partial charge is 0.274 e. The van der Waals surface area contributed by atoms with Crippen molar-refractivity contribution >= 4 is 16.6 Å². The third-order valence-corrected chi connectivity index (χ3v) is 7.25. The van der Waals surface area contributed by atoms with Crippen LogP contribution < -0.4 is 0 Å². The van der Waals surface area contributed by atoms with Crippen molar-refractivity contribution in [3.05, 3.63) is 53.3 Å². The van der Waals surface area contributed by atoms with E-state index in [1.807, 2.05) is 0 Å². The van der Waals surface area contributed by atoms with Gasteiger partial charge in [0.2, 0.25) is 0 Å². The quantitative estimate of drug-likeness (QED) is 0.673. The average Bonchev–Trinajstić information content (AvgIpc) is 3.35. The molecule has 3 aromatic rings. The first-order valence-corrected chi connectivity index (χ1v) is 10.7. The van der Waals surface area contributed by atoms with Crippen LogP contribution in [0.4, 0.5) is 0 Å². The number of para-hydroxylation sites is 1. The second kappa shape index (κ2) is 5.80. The number of nitrogens with zero attached hydrogens (tertiary/aromatic N) is 4. The van der Waals surface area contributed by atoms with Gasteiger partial charge in [0.05, 0.1) is 11.6 Å². The van der Waals surface area contributed by atoms with Crippen LogP contribution >= 0.6 is 0 Å². The largest absolute Gasteiger partial charge is 0.332 e. The maximum atomic E-state index is 5.76. The SMILES string of the molecule is CCc1noc(C2=C[C@]3(CC)CCCN4CCc5c(n2c2ccccc52)[C@@H]43)n1. The first-order valence-electron chi connectivity index (χ1n) is 10.7. The fraction of sp³-hybridized carbons (Fsp3) is 0.478. The number of hydrogen-bond donors (Lipinski definition) is 0. The third-order valence-electron chi connectivity index (χ3n) is 7.25. The maximum absolute atomic E-state index is 5.76. The van der Waals surface area contributed by atoms with Gasteiger partial charge in [-0.3, -0.25) is 4.90 Å².